The number of aliphatic hydroxyl groups is 1. The first-order valence-corrected chi connectivity index (χ1v) is 3.60. The summed E-state index contributed by atoms with van der Waals surface area (Å²) in [7, 11) is 0. The summed E-state index contributed by atoms with van der Waals surface area (Å²) in [5, 5.41) is 9.17. The second-order valence-electron chi connectivity index (χ2n) is 2.83. The molecule has 0 heterocycles. The van der Waals surface area contributed by atoms with E-state index in [-0.39, 0.29) is 6.10 Å². The lowest BCUT2D eigenvalue weighted by Gasteiger charge is -2.24. The normalized spacial score (nSPS) is 15.3. The van der Waals surface area contributed by atoms with Crippen molar-refractivity contribution < 1.29 is 9.84 Å². The molecular formula is C7H17NO2. The maximum absolute atomic E-state index is 9.17. The van der Waals surface area contributed by atoms with Gasteiger partial charge in [-0.2, -0.15) is 0 Å². The molecule has 0 aromatic heterocycles. The molecule has 3 nitrogen and oxygen atoms in total. The van der Waals surface area contributed by atoms with Crippen LogP contribution in [-0.4, -0.2) is 23.5 Å². The van der Waals surface area contributed by atoms with E-state index >= 15 is 0 Å². The van der Waals surface area contributed by atoms with Crippen molar-refractivity contribution in [2.75, 3.05) is 6.54 Å². The average molecular weight is 147 g/mol. The second-order valence-corrected chi connectivity index (χ2v) is 2.83. The van der Waals surface area contributed by atoms with Crippen molar-refractivity contribution in [1.29, 1.82) is 0 Å². The van der Waals surface area contributed by atoms with Gasteiger partial charge < -0.3 is 15.6 Å². The van der Waals surface area contributed by atoms with Crippen LogP contribution in [0.2, 0.25) is 0 Å². The number of hydrogen-bond acceptors (Lipinski definition) is 3. The van der Waals surface area contributed by atoms with E-state index in [1.165, 1.54) is 0 Å². The van der Waals surface area contributed by atoms with Gasteiger partial charge in [0.2, 0.25) is 0 Å². The van der Waals surface area contributed by atoms with Gasteiger partial charge >= 0.3 is 0 Å². The smallest absolute Gasteiger partial charge is 0.160 e. The fourth-order valence-electron chi connectivity index (χ4n) is 0.706. The lowest BCUT2D eigenvalue weighted by molar-refractivity contribution is -0.203. The van der Waals surface area contributed by atoms with E-state index in [4.69, 9.17) is 10.5 Å². The van der Waals surface area contributed by atoms with Crippen LogP contribution in [0.5, 0.6) is 0 Å². The highest BCUT2D eigenvalue weighted by atomic mass is 16.6. The number of ether oxygens (including phenoxy) is 1. The summed E-state index contributed by atoms with van der Waals surface area (Å²) in [6.45, 7) is 5.64. The zero-order valence-electron chi connectivity index (χ0n) is 6.92. The van der Waals surface area contributed by atoms with Crippen molar-refractivity contribution in [1.82, 2.24) is 0 Å². The predicted molar refractivity (Wildman–Crippen MR) is 40.5 cm³/mol. The van der Waals surface area contributed by atoms with Gasteiger partial charge in [0.15, 0.2) is 5.79 Å². The molecule has 0 saturated carbocycles. The van der Waals surface area contributed by atoms with Crippen LogP contribution in [0.4, 0.5) is 0 Å². The summed E-state index contributed by atoms with van der Waals surface area (Å²) in [5.74, 6) is -1.06. The van der Waals surface area contributed by atoms with Crippen LogP contribution >= 0.6 is 0 Å². The molecule has 0 aliphatic carbocycles. The Morgan fingerprint density at radius 2 is 2.10 bits per heavy atom. The van der Waals surface area contributed by atoms with Crippen molar-refractivity contribution in [2.45, 2.75) is 39.1 Å². The van der Waals surface area contributed by atoms with Gasteiger partial charge in [-0.15, -0.1) is 0 Å². The first-order valence-electron chi connectivity index (χ1n) is 3.60. The van der Waals surface area contributed by atoms with Gasteiger partial charge in [0.05, 0.1) is 6.10 Å². The number of hydrogen-bond donors (Lipinski definition) is 2. The Labute approximate surface area is 62.2 Å². The second kappa shape index (κ2) is 3.91. The third kappa shape index (κ3) is 4.73. The fourth-order valence-corrected chi connectivity index (χ4v) is 0.706. The lowest BCUT2D eigenvalue weighted by Crippen LogP contribution is -2.34. The molecule has 0 fully saturated rings. The Morgan fingerprint density at radius 3 is 2.20 bits per heavy atom. The Kier molecular flexibility index (Phi) is 3.86. The molecule has 0 aliphatic heterocycles. The Morgan fingerprint density at radius 1 is 1.60 bits per heavy atom. The molecule has 62 valence electrons. The summed E-state index contributed by atoms with van der Waals surface area (Å²) in [4.78, 5) is 0. The Bertz CT molecular complexity index is 84.1. The van der Waals surface area contributed by atoms with Crippen molar-refractivity contribution >= 4 is 0 Å². The SMILES string of the molecule is CCC(CN)OC(C)(C)O. The van der Waals surface area contributed by atoms with Crippen LogP contribution in [-0.2, 0) is 4.74 Å². The molecule has 0 bridgehead atoms. The summed E-state index contributed by atoms with van der Waals surface area (Å²) in [6, 6.07) is 0. The monoisotopic (exact) mass is 147 g/mol. The molecule has 10 heavy (non-hydrogen) atoms. The van der Waals surface area contributed by atoms with Gasteiger partial charge in [0.25, 0.3) is 0 Å². The van der Waals surface area contributed by atoms with E-state index in [2.05, 4.69) is 0 Å². The highest BCUT2D eigenvalue weighted by Crippen LogP contribution is 2.08. The van der Waals surface area contributed by atoms with Gasteiger partial charge in [-0.05, 0) is 20.3 Å². The largest absolute Gasteiger partial charge is 0.366 e. The van der Waals surface area contributed by atoms with Crippen LogP contribution in [0, 0.1) is 0 Å². The molecule has 0 spiro atoms. The number of rotatable bonds is 4. The Hall–Kier alpha value is -0.120. The van der Waals surface area contributed by atoms with Gasteiger partial charge in [0, 0.05) is 6.54 Å². The maximum atomic E-state index is 9.17. The third-order valence-electron chi connectivity index (χ3n) is 1.17. The highest BCUT2D eigenvalue weighted by Gasteiger charge is 2.17. The van der Waals surface area contributed by atoms with E-state index in [0.717, 1.165) is 6.42 Å². The summed E-state index contributed by atoms with van der Waals surface area (Å²) in [6.07, 6.45) is 0.806. The van der Waals surface area contributed by atoms with E-state index in [1.807, 2.05) is 6.92 Å². The minimum Gasteiger partial charge on any atom is -0.366 e. The van der Waals surface area contributed by atoms with E-state index in [9.17, 15) is 5.11 Å². The van der Waals surface area contributed by atoms with E-state index in [1.54, 1.807) is 13.8 Å². The van der Waals surface area contributed by atoms with Crippen LogP contribution in [0.1, 0.15) is 27.2 Å². The van der Waals surface area contributed by atoms with Crippen molar-refractivity contribution in [3.05, 3.63) is 0 Å². The molecule has 0 aliphatic rings. The minimum absolute atomic E-state index is 0.0278. The standard InChI is InChI=1S/C7H17NO2/c1-4-6(5-8)10-7(2,3)9/h6,9H,4-5,8H2,1-3H3. The quantitative estimate of drug-likeness (QED) is 0.568. The van der Waals surface area contributed by atoms with Crippen molar-refractivity contribution in [3.8, 4) is 0 Å². The molecule has 1 unspecified atom stereocenters. The molecular weight excluding hydrogens is 130 g/mol. The zero-order chi connectivity index (χ0) is 8.20. The first kappa shape index (κ1) is 9.88. The molecule has 3 heteroatoms. The molecule has 0 aromatic rings. The first-order chi connectivity index (χ1) is 4.49. The Balaban J connectivity index is 3.63. The van der Waals surface area contributed by atoms with E-state index in [0.29, 0.717) is 6.54 Å². The van der Waals surface area contributed by atoms with Crippen molar-refractivity contribution in [3.63, 3.8) is 0 Å². The van der Waals surface area contributed by atoms with Gasteiger partial charge in [0.1, 0.15) is 0 Å². The average Bonchev–Trinajstić information content (AvgIpc) is 1.81. The van der Waals surface area contributed by atoms with E-state index < -0.39 is 5.79 Å². The summed E-state index contributed by atoms with van der Waals surface area (Å²) < 4.78 is 5.17. The fraction of sp³-hybridized carbons (Fsp3) is 1.00. The van der Waals surface area contributed by atoms with Crippen LogP contribution in [0.3, 0.4) is 0 Å². The minimum atomic E-state index is -1.06. The van der Waals surface area contributed by atoms with Crippen molar-refractivity contribution in [2.24, 2.45) is 5.73 Å². The molecule has 0 aromatic carbocycles. The summed E-state index contributed by atoms with van der Waals surface area (Å²) >= 11 is 0. The molecule has 0 saturated heterocycles. The van der Waals surface area contributed by atoms with Crippen LogP contribution < -0.4 is 5.73 Å². The molecule has 3 N–H and O–H groups in total. The maximum Gasteiger partial charge on any atom is 0.160 e. The third-order valence-corrected chi connectivity index (χ3v) is 1.17. The van der Waals surface area contributed by atoms with Crippen LogP contribution in [0.25, 0.3) is 0 Å². The summed E-state index contributed by atoms with van der Waals surface area (Å²) in [5.41, 5.74) is 5.35. The predicted octanol–water partition coefficient (Wildman–Crippen LogP) is 0.469. The zero-order valence-corrected chi connectivity index (χ0v) is 6.92. The van der Waals surface area contributed by atoms with Gasteiger partial charge in [-0.1, -0.05) is 6.92 Å². The molecule has 0 amide bonds. The highest BCUT2D eigenvalue weighted by molar-refractivity contribution is 4.59. The van der Waals surface area contributed by atoms with Crippen LogP contribution in [0.15, 0.2) is 0 Å². The lowest BCUT2D eigenvalue weighted by atomic mass is 10.2. The van der Waals surface area contributed by atoms with Gasteiger partial charge in [-0.25, -0.2) is 0 Å². The molecule has 0 radical (unpaired) electrons. The van der Waals surface area contributed by atoms with Gasteiger partial charge in [-0.3, -0.25) is 0 Å². The molecule has 1 atom stereocenters. The topological polar surface area (TPSA) is 55.5 Å². The molecule has 0 rings (SSSR count). The number of nitrogens with two attached hydrogens (primary N) is 1.